The van der Waals surface area contributed by atoms with Crippen molar-refractivity contribution in [2.45, 2.75) is 19.3 Å². The molecular weight excluding hydrogens is 412 g/mol. The maximum atomic E-state index is 11.5. The highest BCUT2D eigenvalue weighted by Gasteiger charge is 2.25. The highest BCUT2D eigenvalue weighted by molar-refractivity contribution is 6.30. The summed E-state index contributed by atoms with van der Waals surface area (Å²) in [7, 11) is 0. The summed E-state index contributed by atoms with van der Waals surface area (Å²) in [6.45, 7) is 4.54. The van der Waals surface area contributed by atoms with E-state index in [1.54, 1.807) is 12.1 Å². The van der Waals surface area contributed by atoms with Crippen LogP contribution in [0, 0.1) is 5.92 Å². The number of anilines is 1. The maximum absolute atomic E-state index is 11.5. The molecule has 0 radical (unpaired) electrons. The molecule has 5 nitrogen and oxygen atoms in total. The lowest BCUT2D eigenvalue weighted by Crippen LogP contribution is -2.47. The molecule has 2 aliphatic rings. The van der Waals surface area contributed by atoms with Crippen LogP contribution in [-0.2, 0) is 4.79 Å². The molecule has 1 aliphatic carbocycles. The van der Waals surface area contributed by atoms with E-state index in [1.807, 2.05) is 24.3 Å². The van der Waals surface area contributed by atoms with Gasteiger partial charge in [0.05, 0.1) is 5.56 Å². The summed E-state index contributed by atoms with van der Waals surface area (Å²) < 4.78 is 0. The Morgan fingerprint density at radius 3 is 2.32 bits per heavy atom. The third-order valence-corrected chi connectivity index (χ3v) is 6.60. The number of carboxylic acid groups (broad SMARTS) is 1. The van der Waals surface area contributed by atoms with Crippen LogP contribution in [0.5, 0.6) is 0 Å². The van der Waals surface area contributed by atoms with Crippen molar-refractivity contribution >= 4 is 35.1 Å². The number of allylic oxidation sites excluding steroid dienone is 1. The summed E-state index contributed by atoms with van der Waals surface area (Å²) in [5.74, 6) is -0.790. The number of carbonyl (C=O) groups excluding carboxylic acids is 1. The maximum Gasteiger partial charge on any atom is 0.335 e. The van der Waals surface area contributed by atoms with E-state index in [1.165, 1.54) is 16.7 Å². The number of halogens is 1. The predicted molar refractivity (Wildman–Crippen MR) is 124 cm³/mol. The molecule has 0 amide bonds. The molecule has 162 valence electrons. The van der Waals surface area contributed by atoms with Crippen molar-refractivity contribution in [3.05, 3.63) is 70.3 Å². The van der Waals surface area contributed by atoms with Crippen molar-refractivity contribution in [2.24, 2.45) is 5.92 Å². The molecule has 2 aromatic rings. The van der Waals surface area contributed by atoms with Crippen molar-refractivity contribution in [2.75, 3.05) is 37.6 Å². The molecule has 1 heterocycles. The first-order valence-corrected chi connectivity index (χ1v) is 11.1. The number of hydrogen-bond donors (Lipinski definition) is 1. The fourth-order valence-corrected chi connectivity index (χ4v) is 4.70. The molecule has 6 heteroatoms. The van der Waals surface area contributed by atoms with Crippen molar-refractivity contribution in [1.29, 1.82) is 0 Å². The lowest BCUT2D eigenvalue weighted by molar-refractivity contribution is -0.111. The zero-order valence-corrected chi connectivity index (χ0v) is 18.2. The SMILES string of the molecule is O=CC1CCC(c2ccc(Cl)cc2)=C(CN2CCN(c3ccc(C(=O)O)cc3)CC2)C1. The fourth-order valence-electron chi connectivity index (χ4n) is 4.57. The number of rotatable bonds is 6. The Morgan fingerprint density at radius 1 is 1.03 bits per heavy atom. The van der Waals surface area contributed by atoms with E-state index in [0.29, 0.717) is 5.56 Å². The Hall–Kier alpha value is -2.63. The number of carboxylic acids is 1. The lowest BCUT2D eigenvalue weighted by Gasteiger charge is -2.37. The Labute approximate surface area is 187 Å². The number of aromatic carboxylic acids is 1. The first-order chi connectivity index (χ1) is 15.0. The number of aldehydes is 1. The van der Waals surface area contributed by atoms with Gasteiger partial charge in [-0.1, -0.05) is 29.3 Å². The minimum atomic E-state index is -0.901. The van der Waals surface area contributed by atoms with E-state index in [0.717, 1.165) is 69.0 Å². The van der Waals surface area contributed by atoms with Gasteiger partial charge in [0, 0.05) is 49.4 Å². The van der Waals surface area contributed by atoms with Gasteiger partial charge in [-0.3, -0.25) is 4.90 Å². The summed E-state index contributed by atoms with van der Waals surface area (Å²) in [6, 6.07) is 15.1. The lowest BCUT2D eigenvalue weighted by atomic mass is 9.81. The van der Waals surface area contributed by atoms with Gasteiger partial charge in [0.1, 0.15) is 6.29 Å². The number of benzene rings is 2. The van der Waals surface area contributed by atoms with Crippen LogP contribution >= 0.6 is 11.6 Å². The molecule has 0 aromatic heterocycles. The monoisotopic (exact) mass is 438 g/mol. The summed E-state index contributed by atoms with van der Waals surface area (Å²) in [5, 5.41) is 9.81. The number of nitrogens with zero attached hydrogens (tertiary/aromatic N) is 2. The zero-order chi connectivity index (χ0) is 21.8. The normalized spacial score (nSPS) is 20.0. The molecule has 0 saturated carbocycles. The standard InChI is InChI=1S/C25H27ClN2O3/c26-22-6-2-19(3-7-22)24-10-1-18(17-29)15-21(24)16-27-11-13-28(14-12-27)23-8-4-20(5-9-23)25(30)31/h2-9,17-18H,1,10-16H2,(H,30,31). The van der Waals surface area contributed by atoms with Crippen molar-refractivity contribution in [1.82, 2.24) is 4.90 Å². The molecule has 1 fully saturated rings. The second-order valence-corrected chi connectivity index (χ2v) is 8.78. The second kappa shape index (κ2) is 9.67. The minimum absolute atomic E-state index is 0.111. The Bertz CT molecular complexity index is 961. The van der Waals surface area contributed by atoms with Gasteiger partial charge in [-0.05, 0) is 66.8 Å². The van der Waals surface area contributed by atoms with Gasteiger partial charge in [0.25, 0.3) is 0 Å². The van der Waals surface area contributed by atoms with Crippen LogP contribution < -0.4 is 4.90 Å². The van der Waals surface area contributed by atoms with Gasteiger partial charge in [0.15, 0.2) is 0 Å². The highest BCUT2D eigenvalue weighted by Crippen LogP contribution is 2.36. The first-order valence-electron chi connectivity index (χ1n) is 10.8. The van der Waals surface area contributed by atoms with Gasteiger partial charge in [-0.25, -0.2) is 4.79 Å². The third-order valence-electron chi connectivity index (χ3n) is 6.35. The molecule has 1 saturated heterocycles. The quantitative estimate of drug-likeness (QED) is 0.667. The predicted octanol–water partition coefficient (Wildman–Crippen LogP) is 4.61. The first kappa shape index (κ1) is 21.6. The van der Waals surface area contributed by atoms with Gasteiger partial charge in [-0.15, -0.1) is 0 Å². The Morgan fingerprint density at radius 2 is 1.71 bits per heavy atom. The van der Waals surface area contributed by atoms with Crippen LogP contribution in [0.1, 0.15) is 35.2 Å². The molecule has 2 aromatic carbocycles. The largest absolute Gasteiger partial charge is 0.478 e. The van der Waals surface area contributed by atoms with Gasteiger partial charge >= 0.3 is 5.97 Å². The van der Waals surface area contributed by atoms with Crippen LogP contribution in [0.4, 0.5) is 5.69 Å². The Balaban J connectivity index is 1.44. The molecule has 1 atom stereocenters. The van der Waals surface area contributed by atoms with Crippen molar-refractivity contribution in [3.63, 3.8) is 0 Å². The summed E-state index contributed by atoms with van der Waals surface area (Å²) in [6.07, 6.45) is 3.77. The summed E-state index contributed by atoms with van der Waals surface area (Å²) >= 11 is 6.07. The molecule has 1 aliphatic heterocycles. The van der Waals surface area contributed by atoms with E-state index < -0.39 is 5.97 Å². The highest BCUT2D eigenvalue weighted by atomic mass is 35.5. The van der Waals surface area contributed by atoms with E-state index >= 15 is 0 Å². The topological polar surface area (TPSA) is 60.9 Å². The van der Waals surface area contributed by atoms with Crippen LogP contribution in [0.15, 0.2) is 54.1 Å². The second-order valence-electron chi connectivity index (χ2n) is 8.34. The van der Waals surface area contributed by atoms with E-state index in [4.69, 9.17) is 16.7 Å². The van der Waals surface area contributed by atoms with Crippen LogP contribution in [0.2, 0.25) is 5.02 Å². The molecular formula is C25H27ClN2O3. The van der Waals surface area contributed by atoms with Crippen LogP contribution in [0.3, 0.4) is 0 Å². The molecule has 1 unspecified atom stereocenters. The molecule has 0 spiro atoms. The number of carbonyl (C=O) groups is 2. The van der Waals surface area contributed by atoms with Crippen LogP contribution in [-0.4, -0.2) is 55.0 Å². The average Bonchev–Trinajstić information content (AvgIpc) is 2.80. The number of hydrogen-bond acceptors (Lipinski definition) is 4. The Kier molecular flexibility index (Phi) is 6.73. The summed E-state index contributed by atoms with van der Waals surface area (Å²) in [4.78, 5) is 27.3. The van der Waals surface area contributed by atoms with Crippen molar-refractivity contribution in [3.8, 4) is 0 Å². The molecule has 0 bridgehead atoms. The zero-order valence-electron chi connectivity index (χ0n) is 17.5. The summed E-state index contributed by atoms with van der Waals surface area (Å²) in [5.41, 5.74) is 5.31. The van der Waals surface area contributed by atoms with E-state index in [-0.39, 0.29) is 5.92 Å². The van der Waals surface area contributed by atoms with Crippen molar-refractivity contribution < 1.29 is 14.7 Å². The number of piperazine rings is 1. The molecule has 4 rings (SSSR count). The van der Waals surface area contributed by atoms with Gasteiger partial charge in [-0.2, -0.15) is 0 Å². The average molecular weight is 439 g/mol. The van der Waals surface area contributed by atoms with Gasteiger partial charge in [0.2, 0.25) is 0 Å². The third kappa shape index (κ3) is 5.17. The van der Waals surface area contributed by atoms with Gasteiger partial charge < -0.3 is 14.8 Å². The van der Waals surface area contributed by atoms with E-state index in [9.17, 15) is 9.59 Å². The van der Waals surface area contributed by atoms with Crippen LogP contribution in [0.25, 0.3) is 5.57 Å². The molecule has 1 N–H and O–H groups in total. The minimum Gasteiger partial charge on any atom is -0.478 e. The smallest absolute Gasteiger partial charge is 0.335 e. The fraction of sp³-hybridized carbons (Fsp3) is 0.360. The molecule has 31 heavy (non-hydrogen) atoms. The van der Waals surface area contributed by atoms with E-state index in [2.05, 4.69) is 21.9 Å².